The van der Waals surface area contributed by atoms with Gasteiger partial charge in [-0.15, -0.1) is 0 Å². The average molecular weight is 443 g/mol. The van der Waals surface area contributed by atoms with E-state index in [4.69, 9.17) is 28.9 Å². The summed E-state index contributed by atoms with van der Waals surface area (Å²) in [5.41, 5.74) is 10.6. The Morgan fingerprint density at radius 1 is 0.933 bits per heavy atom. The molecule has 2 aromatic carbocycles. The molecule has 154 valence electrons. The lowest BCUT2D eigenvalue weighted by molar-refractivity contribution is 0.714. The SMILES string of the molecule is Cc1cc(N)c(-n2cc3c(c2-c2ccc(Cl)cc2Cl)c(=O)n(C)c(=O)n3C)cc1C. The number of benzene rings is 2. The van der Waals surface area contributed by atoms with Crippen molar-refractivity contribution in [2.75, 3.05) is 5.73 Å². The third-order valence-electron chi connectivity index (χ3n) is 5.53. The van der Waals surface area contributed by atoms with Gasteiger partial charge < -0.3 is 10.3 Å². The van der Waals surface area contributed by atoms with Crippen molar-refractivity contribution >= 4 is 39.8 Å². The van der Waals surface area contributed by atoms with Crippen LogP contribution in [0.1, 0.15) is 11.1 Å². The molecule has 8 heteroatoms. The molecule has 6 nitrogen and oxygen atoms in total. The van der Waals surface area contributed by atoms with E-state index in [2.05, 4.69) is 0 Å². The van der Waals surface area contributed by atoms with E-state index in [1.165, 1.54) is 11.6 Å². The Balaban J connectivity index is 2.26. The highest BCUT2D eigenvalue weighted by molar-refractivity contribution is 6.36. The molecule has 0 bridgehead atoms. The van der Waals surface area contributed by atoms with Gasteiger partial charge in [0, 0.05) is 30.9 Å². The fourth-order valence-corrected chi connectivity index (χ4v) is 4.21. The largest absolute Gasteiger partial charge is 0.397 e. The van der Waals surface area contributed by atoms with E-state index >= 15 is 0 Å². The number of aromatic nitrogens is 3. The first-order valence-electron chi connectivity index (χ1n) is 9.25. The normalized spacial score (nSPS) is 11.4. The molecule has 0 saturated heterocycles. The molecule has 0 fully saturated rings. The number of nitrogens with zero attached hydrogens (tertiary/aromatic N) is 3. The molecule has 30 heavy (non-hydrogen) atoms. The zero-order valence-corrected chi connectivity index (χ0v) is 18.5. The molecule has 0 aliphatic carbocycles. The maximum absolute atomic E-state index is 13.2. The molecule has 0 radical (unpaired) electrons. The van der Waals surface area contributed by atoms with Crippen molar-refractivity contribution < 1.29 is 0 Å². The topological polar surface area (TPSA) is 74.9 Å². The van der Waals surface area contributed by atoms with Crippen LogP contribution in [-0.2, 0) is 14.1 Å². The monoisotopic (exact) mass is 442 g/mol. The van der Waals surface area contributed by atoms with Gasteiger partial charge in [-0.05, 0) is 55.3 Å². The van der Waals surface area contributed by atoms with Gasteiger partial charge in [0.25, 0.3) is 5.56 Å². The summed E-state index contributed by atoms with van der Waals surface area (Å²) in [7, 11) is 3.09. The van der Waals surface area contributed by atoms with Gasteiger partial charge in [0.05, 0.1) is 33.0 Å². The number of rotatable bonds is 2. The fourth-order valence-electron chi connectivity index (χ4n) is 3.71. The highest BCUT2D eigenvalue weighted by Gasteiger charge is 2.23. The number of nitrogen functional groups attached to an aromatic ring is 1. The highest BCUT2D eigenvalue weighted by Crippen LogP contribution is 2.38. The Labute approximate surface area is 182 Å². The number of halogens is 2. The van der Waals surface area contributed by atoms with E-state index in [1.54, 1.807) is 31.4 Å². The minimum absolute atomic E-state index is 0.376. The van der Waals surface area contributed by atoms with E-state index in [0.29, 0.717) is 43.6 Å². The standard InChI is InChI=1S/C22H20Cl2N4O2/c1-11-7-16(25)17(8-12(11)2)28-10-18-19(21(29)27(4)22(30)26(18)3)20(28)14-6-5-13(23)9-15(14)24/h5-10H,25H2,1-4H3. The van der Waals surface area contributed by atoms with Crippen LogP contribution in [0.5, 0.6) is 0 Å². The number of anilines is 1. The Kier molecular flexibility index (Phi) is 4.79. The predicted octanol–water partition coefficient (Wildman–Crippen LogP) is 4.20. The molecule has 0 aliphatic heterocycles. The van der Waals surface area contributed by atoms with Gasteiger partial charge in [0.15, 0.2) is 0 Å². The van der Waals surface area contributed by atoms with Crippen LogP contribution in [0.3, 0.4) is 0 Å². The Hall–Kier alpha value is -2.96. The first-order chi connectivity index (χ1) is 14.1. The molecule has 0 saturated carbocycles. The van der Waals surface area contributed by atoms with Crippen LogP contribution < -0.4 is 17.0 Å². The number of nitrogens with two attached hydrogens (primary N) is 1. The lowest BCUT2D eigenvalue weighted by atomic mass is 10.1. The quantitative estimate of drug-likeness (QED) is 0.472. The number of hydrogen-bond donors (Lipinski definition) is 1. The van der Waals surface area contributed by atoms with Crippen molar-refractivity contribution in [3.05, 3.63) is 78.5 Å². The molecular formula is C22H20Cl2N4O2. The fraction of sp³-hybridized carbons (Fsp3) is 0.182. The molecule has 4 rings (SSSR count). The summed E-state index contributed by atoms with van der Waals surface area (Å²) < 4.78 is 4.35. The van der Waals surface area contributed by atoms with Crippen molar-refractivity contribution in [3.8, 4) is 16.9 Å². The third-order valence-corrected chi connectivity index (χ3v) is 6.08. The zero-order chi connectivity index (χ0) is 21.9. The summed E-state index contributed by atoms with van der Waals surface area (Å²) in [6.07, 6.45) is 1.75. The zero-order valence-electron chi connectivity index (χ0n) is 17.0. The van der Waals surface area contributed by atoms with E-state index in [0.717, 1.165) is 15.7 Å². The number of fused-ring (bicyclic) bond motifs is 1. The third kappa shape index (κ3) is 2.95. The first kappa shape index (κ1) is 20.3. The summed E-state index contributed by atoms with van der Waals surface area (Å²) >= 11 is 12.6. The first-order valence-corrected chi connectivity index (χ1v) is 10.0. The van der Waals surface area contributed by atoms with Gasteiger partial charge in [-0.2, -0.15) is 0 Å². The Bertz CT molecular complexity index is 1460. The minimum atomic E-state index is -0.411. The molecule has 2 N–H and O–H groups in total. The van der Waals surface area contributed by atoms with Crippen LogP contribution in [-0.4, -0.2) is 13.7 Å². The summed E-state index contributed by atoms with van der Waals surface area (Å²) in [6, 6.07) is 8.94. The van der Waals surface area contributed by atoms with Crippen LogP contribution >= 0.6 is 23.2 Å². The Morgan fingerprint density at radius 2 is 1.60 bits per heavy atom. The molecule has 0 atom stereocenters. The summed E-state index contributed by atoms with van der Waals surface area (Å²) in [6.45, 7) is 3.98. The second-order valence-corrected chi connectivity index (χ2v) is 8.28. The molecule has 0 spiro atoms. The van der Waals surface area contributed by atoms with E-state index < -0.39 is 11.2 Å². The number of aryl methyl sites for hydroxylation is 3. The highest BCUT2D eigenvalue weighted by atomic mass is 35.5. The van der Waals surface area contributed by atoms with Crippen LogP contribution in [0.25, 0.3) is 27.8 Å². The second kappa shape index (κ2) is 7.07. The molecule has 4 aromatic rings. The van der Waals surface area contributed by atoms with E-state index in [9.17, 15) is 9.59 Å². The van der Waals surface area contributed by atoms with Gasteiger partial charge in [-0.1, -0.05) is 23.2 Å². The molecule has 2 aromatic heterocycles. The molecule has 2 heterocycles. The van der Waals surface area contributed by atoms with Gasteiger partial charge in [-0.3, -0.25) is 13.9 Å². The van der Waals surface area contributed by atoms with Gasteiger partial charge in [-0.25, -0.2) is 4.79 Å². The van der Waals surface area contributed by atoms with Crippen molar-refractivity contribution in [3.63, 3.8) is 0 Å². The molecule has 0 amide bonds. The van der Waals surface area contributed by atoms with Crippen LogP contribution in [0, 0.1) is 13.8 Å². The van der Waals surface area contributed by atoms with Crippen molar-refractivity contribution in [2.45, 2.75) is 13.8 Å². The van der Waals surface area contributed by atoms with E-state index in [1.807, 2.05) is 30.5 Å². The molecule has 0 unspecified atom stereocenters. The number of hydrogen-bond acceptors (Lipinski definition) is 3. The molecular weight excluding hydrogens is 423 g/mol. The van der Waals surface area contributed by atoms with Gasteiger partial charge in [0.1, 0.15) is 0 Å². The molecule has 0 aliphatic rings. The van der Waals surface area contributed by atoms with Gasteiger partial charge in [0.2, 0.25) is 0 Å². The summed E-state index contributed by atoms with van der Waals surface area (Å²) in [4.78, 5) is 25.7. The van der Waals surface area contributed by atoms with Gasteiger partial charge >= 0.3 is 5.69 Å². The lowest BCUT2D eigenvalue weighted by Crippen LogP contribution is -2.36. The lowest BCUT2D eigenvalue weighted by Gasteiger charge is -2.15. The van der Waals surface area contributed by atoms with Crippen molar-refractivity contribution in [1.29, 1.82) is 0 Å². The van der Waals surface area contributed by atoms with E-state index in [-0.39, 0.29) is 0 Å². The second-order valence-electron chi connectivity index (χ2n) is 7.43. The predicted molar refractivity (Wildman–Crippen MR) is 123 cm³/mol. The Morgan fingerprint density at radius 3 is 2.27 bits per heavy atom. The summed E-state index contributed by atoms with van der Waals surface area (Å²) in [5.74, 6) is 0. The van der Waals surface area contributed by atoms with Crippen molar-refractivity contribution in [1.82, 2.24) is 13.7 Å². The average Bonchev–Trinajstić information content (AvgIpc) is 3.07. The maximum Gasteiger partial charge on any atom is 0.330 e. The van der Waals surface area contributed by atoms with Crippen LogP contribution in [0.15, 0.2) is 46.1 Å². The maximum atomic E-state index is 13.2. The minimum Gasteiger partial charge on any atom is -0.397 e. The summed E-state index contributed by atoms with van der Waals surface area (Å²) in [5, 5.41) is 1.25. The van der Waals surface area contributed by atoms with Crippen molar-refractivity contribution in [2.24, 2.45) is 14.1 Å². The van der Waals surface area contributed by atoms with Crippen LogP contribution in [0.4, 0.5) is 5.69 Å². The van der Waals surface area contributed by atoms with Crippen LogP contribution in [0.2, 0.25) is 10.0 Å². The smallest absolute Gasteiger partial charge is 0.330 e.